The van der Waals surface area contributed by atoms with Crippen molar-refractivity contribution in [1.29, 1.82) is 0 Å². The van der Waals surface area contributed by atoms with Crippen LogP contribution in [0.1, 0.15) is 11.5 Å². The fraction of sp³-hybridized carbons (Fsp3) is 0.385. The number of aliphatic hydroxyl groups excluding tert-OH is 1. The largest absolute Gasteiger partial charge is 0.419 e. The number of rotatable bonds is 3. The van der Waals surface area contributed by atoms with Gasteiger partial charge in [-0.15, -0.1) is 10.2 Å². The zero-order valence-corrected chi connectivity index (χ0v) is 10.2. The maximum Gasteiger partial charge on any atom is 0.247 e. The summed E-state index contributed by atoms with van der Waals surface area (Å²) in [6.07, 6.45) is -0.204. The van der Waals surface area contributed by atoms with Gasteiger partial charge in [0.15, 0.2) is 0 Å². The van der Waals surface area contributed by atoms with Gasteiger partial charge in [0.1, 0.15) is 0 Å². The van der Waals surface area contributed by atoms with Crippen molar-refractivity contribution >= 4 is 0 Å². The molecule has 3 rings (SSSR count). The van der Waals surface area contributed by atoms with E-state index in [-0.39, 0.29) is 6.10 Å². The van der Waals surface area contributed by atoms with E-state index < -0.39 is 0 Å². The lowest BCUT2D eigenvalue weighted by atomic mass is 10.1. The molecular weight excluding hydrogens is 230 g/mol. The van der Waals surface area contributed by atoms with Crippen LogP contribution in [-0.2, 0) is 6.54 Å². The van der Waals surface area contributed by atoms with Crippen molar-refractivity contribution in [2.45, 2.75) is 19.6 Å². The molecule has 5 nitrogen and oxygen atoms in total. The molecule has 0 amide bonds. The van der Waals surface area contributed by atoms with Gasteiger partial charge in [0.25, 0.3) is 0 Å². The summed E-state index contributed by atoms with van der Waals surface area (Å²) in [4.78, 5) is 2.07. The van der Waals surface area contributed by atoms with Crippen LogP contribution in [0.3, 0.4) is 0 Å². The van der Waals surface area contributed by atoms with Crippen molar-refractivity contribution < 1.29 is 9.52 Å². The summed E-state index contributed by atoms with van der Waals surface area (Å²) < 4.78 is 5.62. The minimum absolute atomic E-state index is 0.204. The standard InChI is InChI=1S/C13H15N3O2/c1-9-3-2-4-10(5-9)13-15-14-12(18-13)8-16-6-11(17)7-16/h2-5,11,17H,6-8H2,1H3. The third-order valence-corrected chi connectivity index (χ3v) is 3.03. The van der Waals surface area contributed by atoms with Gasteiger partial charge in [-0.3, -0.25) is 4.90 Å². The molecule has 0 atom stereocenters. The van der Waals surface area contributed by atoms with E-state index in [0.717, 1.165) is 11.1 Å². The minimum atomic E-state index is -0.204. The number of aliphatic hydroxyl groups is 1. The maximum atomic E-state index is 9.20. The van der Waals surface area contributed by atoms with Crippen LogP contribution in [0, 0.1) is 6.92 Å². The summed E-state index contributed by atoms with van der Waals surface area (Å²) in [6.45, 7) is 4.00. The summed E-state index contributed by atoms with van der Waals surface area (Å²) in [6, 6.07) is 7.98. The lowest BCUT2D eigenvalue weighted by Gasteiger charge is -2.34. The number of β-amino-alcohol motifs (C(OH)–C–C–N with tert-alkyl or cyclic N) is 1. The molecule has 5 heteroatoms. The number of benzene rings is 1. The molecule has 2 aromatic rings. The second-order valence-electron chi connectivity index (χ2n) is 4.72. The van der Waals surface area contributed by atoms with Gasteiger partial charge in [0.2, 0.25) is 11.8 Å². The SMILES string of the molecule is Cc1cccc(-c2nnc(CN3CC(O)C3)o2)c1. The number of aryl methyl sites for hydroxylation is 1. The van der Waals surface area contributed by atoms with Gasteiger partial charge in [-0.2, -0.15) is 0 Å². The van der Waals surface area contributed by atoms with Crippen LogP contribution in [0.15, 0.2) is 28.7 Å². The van der Waals surface area contributed by atoms with E-state index in [0.29, 0.717) is 31.4 Å². The van der Waals surface area contributed by atoms with Crippen LogP contribution < -0.4 is 0 Å². The molecule has 94 valence electrons. The third-order valence-electron chi connectivity index (χ3n) is 3.03. The first-order valence-electron chi connectivity index (χ1n) is 6.00. The molecule has 1 aliphatic heterocycles. The molecule has 0 spiro atoms. The zero-order valence-electron chi connectivity index (χ0n) is 10.2. The van der Waals surface area contributed by atoms with Gasteiger partial charge >= 0.3 is 0 Å². The molecule has 1 aromatic carbocycles. The van der Waals surface area contributed by atoms with E-state index in [1.54, 1.807) is 0 Å². The summed E-state index contributed by atoms with van der Waals surface area (Å²) >= 11 is 0. The lowest BCUT2D eigenvalue weighted by Crippen LogP contribution is -2.49. The number of likely N-dealkylation sites (tertiary alicyclic amines) is 1. The van der Waals surface area contributed by atoms with Crippen LogP contribution in [0.4, 0.5) is 0 Å². The number of nitrogens with zero attached hydrogens (tertiary/aromatic N) is 3. The molecule has 0 unspecified atom stereocenters. The quantitative estimate of drug-likeness (QED) is 0.881. The highest BCUT2D eigenvalue weighted by Crippen LogP contribution is 2.20. The monoisotopic (exact) mass is 245 g/mol. The second-order valence-corrected chi connectivity index (χ2v) is 4.72. The zero-order chi connectivity index (χ0) is 12.5. The Labute approximate surface area is 105 Å². The van der Waals surface area contributed by atoms with Crippen LogP contribution >= 0.6 is 0 Å². The Morgan fingerprint density at radius 1 is 1.39 bits per heavy atom. The molecule has 1 aliphatic rings. The predicted molar refractivity (Wildman–Crippen MR) is 65.8 cm³/mol. The summed E-state index contributed by atoms with van der Waals surface area (Å²) in [5.41, 5.74) is 2.11. The van der Waals surface area contributed by atoms with Crippen molar-refractivity contribution in [1.82, 2.24) is 15.1 Å². The summed E-state index contributed by atoms with van der Waals surface area (Å²) in [5, 5.41) is 17.3. The molecule has 0 aliphatic carbocycles. The first-order chi connectivity index (χ1) is 8.70. The van der Waals surface area contributed by atoms with E-state index in [4.69, 9.17) is 4.42 Å². The van der Waals surface area contributed by atoms with Gasteiger partial charge in [0.05, 0.1) is 12.6 Å². The van der Waals surface area contributed by atoms with Crippen molar-refractivity contribution in [3.8, 4) is 11.5 Å². The Kier molecular flexibility index (Phi) is 2.85. The molecule has 0 radical (unpaired) electrons. The van der Waals surface area contributed by atoms with Gasteiger partial charge < -0.3 is 9.52 Å². The fourth-order valence-corrected chi connectivity index (χ4v) is 2.08. The highest BCUT2D eigenvalue weighted by atomic mass is 16.4. The molecule has 18 heavy (non-hydrogen) atoms. The van der Waals surface area contributed by atoms with Gasteiger partial charge in [-0.05, 0) is 19.1 Å². The number of aromatic nitrogens is 2. The predicted octanol–water partition coefficient (Wildman–Crippen LogP) is 1.22. The molecule has 1 fully saturated rings. The topological polar surface area (TPSA) is 62.4 Å². The molecule has 1 aromatic heterocycles. The molecular formula is C13H15N3O2. The number of hydrogen-bond donors (Lipinski definition) is 1. The smallest absolute Gasteiger partial charge is 0.247 e. The Morgan fingerprint density at radius 3 is 2.94 bits per heavy atom. The normalized spacial score (nSPS) is 16.8. The van der Waals surface area contributed by atoms with E-state index in [9.17, 15) is 5.11 Å². The highest BCUT2D eigenvalue weighted by molar-refractivity contribution is 5.53. The van der Waals surface area contributed by atoms with Crippen LogP contribution in [0.25, 0.3) is 11.5 Å². The van der Waals surface area contributed by atoms with Crippen molar-refractivity contribution in [3.63, 3.8) is 0 Å². The van der Waals surface area contributed by atoms with E-state index >= 15 is 0 Å². The van der Waals surface area contributed by atoms with Gasteiger partial charge in [0, 0.05) is 18.7 Å². The van der Waals surface area contributed by atoms with Crippen molar-refractivity contribution in [2.75, 3.05) is 13.1 Å². The first kappa shape index (κ1) is 11.4. The fourth-order valence-electron chi connectivity index (χ4n) is 2.08. The minimum Gasteiger partial charge on any atom is -0.419 e. The molecule has 2 heterocycles. The highest BCUT2D eigenvalue weighted by Gasteiger charge is 2.25. The Balaban J connectivity index is 1.73. The average Bonchev–Trinajstić information content (AvgIpc) is 2.76. The van der Waals surface area contributed by atoms with Crippen molar-refractivity contribution in [2.24, 2.45) is 0 Å². The third kappa shape index (κ3) is 2.27. The number of hydrogen-bond acceptors (Lipinski definition) is 5. The lowest BCUT2D eigenvalue weighted by molar-refractivity contribution is -0.00712. The summed E-state index contributed by atoms with van der Waals surface area (Å²) in [5.74, 6) is 1.15. The maximum absolute atomic E-state index is 9.20. The summed E-state index contributed by atoms with van der Waals surface area (Å²) in [7, 11) is 0. The average molecular weight is 245 g/mol. The first-order valence-corrected chi connectivity index (χ1v) is 6.00. The Bertz CT molecular complexity index is 547. The van der Waals surface area contributed by atoms with Gasteiger partial charge in [-0.1, -0.05) is 17.7 Å². The van der Waals surface area contributed by atoms with Crippen LogP contribution in [0.2, 0.25) is 0 Å². The van der Waals surface area contributed by atoms with Crippen LogP contribution in [-0.4, -0.2) is 39.4 Å². The molecule has 1 saturated heterocycles. The van der Waals surface area contributed by atoms with E-state index in [1.165, 1.54) is 0 Å². The van der Waals surface area contributed by atoms with Crippen LogP contribution in [0.5, 0.6) is 0 Å². The van der Waals surface area contributed by atoms with E-state index in [2.05, 4.69) is 15.1 Å². The van der Waals surface area contributed by atoms with Gasteiger partial charge in [-0.25, -0.2) is 0 Å². The second kappa shape index (κ2) is 4.51. The Hall–Kier alpha value is -1.72. The molecule has 0 bridgehead atoms. The molecule has 1 N–H and O–H groups in total. The van der Waals surface area contributed by atoms with E-state index in [1.807, 2.05) is 31.2 Å². The van der Waals surface area contributed by atoms with Crippen molar-refractivity contribution in [3.05, 3.63) is 35.7 Å². The Morgan fingerprint density at radius 2 is 2.22 bits per heavy atom. The molecule has 0 saturated carbocycles.